The van der Waals surface area contributed by atoms with Crippen LogP contribution in [-0.4, -0.2) is 21.7 Å². The third-order valence-corrected chi connectivity index (χ3v) is 6.48. The molecule has 0 aromatic heterocycles. The molecule has 10 nitrogen and oxygen atoms in total. The monoisotopic (exact) mass is 370 g/mol. The van der Waals surface area contributed by atoms with E-state index >= 15 is 0 Å². The highest BCUT2D eigenvalue weighted by Gasteiger charge is 2.71. The van der Waals surface area contributed by atoms with Gasteiger partial charge in [0, 0.05) is 6.07 Å². The Morgan fingerprint density at radius 1 is 1.04 bits per heavy atom. The number of hydrazine groups is 1. The molecule has 1 aromatic rings. The lowest BCUT2D eigenvalue weighted by molar-refractivity contribution is -0.393. The van der Waals surface area contributed by atoms with Crippen LogP contribution in [0.2, 0.25) is 0 Å². The molecule has 2 saturated carbocycles. The number of fused-ring (bicyclic) bond motifs is 3. The Bertz CT molecular complexity index is 968. The summed E-state index contributed by atoms with van der Waals surface area (Å²) in [6.45, 7) is 0. The van der Waals surface area contributed by atoms with Crippen LogP contribution >= 0.6 is 0 Å². The zero-order valence-electron chi connectivity index (χ0n) is 13.9. The first-order chi connectivity index (χ1) is 12.8. The van der Waals surface area contributed by atoms with Crippen LogP contribution in [0.25, 0.3) is 0 Å². The summed E-state index contributed by atoms with van der Waals surface area (Å²) in [5, 5.41) is 23.2. The number of nitrogens with zero attached hydrogens (tertiary/aromatic N) is 3. The van der Waals surface area contributed by atoms with Gasteiger partial charge >= 0.3 is 5.69 Å². The largest absolute Gasteiger partial charge is 0.301 e. The standard InChI is InChI=1S/C17H14N4O6/c22-15-13-9-2-3-10(17(9)5-6-17)14(13)16(23)19(18-15)11-4-1-8(20(24)25)7-12(11)21(26)27/h1-4,7,9-10,13-14H,5-6H2,(H,18,22)/t9-,10-,13+,14+/m1/s1. The minimum Gasteiger partial charge on any atom is -0.273 e. The van der Waals surface area contributed by atoms with Gasteiger partial charge in [0.1, 0.15) is 5.69 Å². The van der Waals surface area contributed by atoms with E-state index in [9.17, 15) is 29.8 Å². The topological polar surface area (TPSA) is 136 Å². The van der Waals surface area contributed by atoms with Crippen molar-refractivity contribution >= 4 is 28.9 Å². The van der Waals surface area contributed by atoms with Gasteiger partial charge in [0.25, 0.3) is 11.6 Å². The van der Waals surface area contributed by atoms with Crippen LogP contribution < -0.4 is 10.4 Å². The number of allylic oxidation sites excluding steroid dienone is 2. The van der Waals surface area contributed by atoms with E-state index in [1.807, 2.05) is 12.2 Å². The van der Waals surface area contributed by atoms with Crippen molar-refractivity contribution in [3.8, 4) is 0 Å². The quantitative estimate of drug-likeness (QED) is 0.489. The fourth-order valence-electron chi connectivity index (χ4n) is 5.22. The van der Waals surface area contributed by atoms with Crippen LogP contribution in [0.15, 0.2) is 30.4 Å². The predicted octanol–water partition coefficient (Wildman–Crippen LogP) is 1.71. The predicted molar refractivity (Wildman–Crippen MR) is 90.1 cm³/mol. The maximum absolute atomic E-state index is 13.2. The first kappa shape index (κ1) is 15.9. The van der Waals surface area contributed by atoms with Crippen molar-refractivity contribution in [3.63, 3.8) is 0 Å². The van der Waals surface area contributed by atoms with Gasteiger partial charge < -0.3 is 0 Å². The molecule has 1 aromatic carbocycles. The van der Waals surface area contributed by atoms with Crippen molar-refractivity contribution in [1.82, 2.24) is 5.43 Å². The second-order valence-electron chi connectivity index (χ2n) is 7.56. The summed E-state index contributed by atoms with van der Waals surface area (Å²) in [4.78, 5) is 46.7. The van der Waals surface area contributed by atoms with Crippen molar-refractivity contribution in [3.05, 3.63) is 50.6 Å². The van der Waals surface area contributed by atoms with Crippen molar-refractivity contribution in [1.29, 1.82) is 0 Å². The van der Waals surface area contributed by atoms with Gasteiger partial charge in [-0.05, 0) is 36.2 Å². The third kappa shape index (κ3) is 1.89. The van der Waals surface area contributed by atoms with Gasteiger partial charge in [0.2, 0.25) is 5.91 Å². The van der Waals surface area contributed by atoms with E-state index in [1.165, 1.54) is 0 Å². The zero-order valence-corrected chi connectivity index (χ0v) is 13.9. The summed E-state index contributed by atoms with van der Waals surface area (Å²) in [6, 6.07) is 3.01. The summed E-state index contributed by atoms with van der Waals surface area (Å²) >= 11 is 0. The Kier molecular flexibility index (Phi) is 2.89. The summed E-state index contributed by atoms with van der Waals surface area (Å²) in [6.07, 6.45) is 5.97. The first-order valence-corrected chi connectivity index (χ1v) is 8.61. The SMILES string of the molecule is O=C1NN(c2ccc([N+](=O)[O-])cc2[N+](=O)[O-])C(=O)[C@@H]2[C@@H]1[C@H]1C=C[C@H]2C12CC2. The van der Waals surface area contributed by atoms with Crippen molar-refractivity contribution < 1.29 is 19.4 Å². The number of carbonyl (C=O) groups is 2. The number of hydrogen-bond acceptors (Lipinski definition) is 6. The zero-order chi connectivity index (χ0) is 19.1. The summed E-state index contributed by atoms with van der Waals surface area (Å²) in [5.41, 5.74) is 1.24. The van der Waals surface area contributed by atoms with Gasteiger partial charge in [-0.1, -0.05) is 12.2 Å². The first-order valence-electron chi connectivity index (χ1n) is 8.61. The number of amides is 2. The molecule has 1 N–H and O–H groups in total. The van der Waals surface area contributed by atoms with Gasteiger partial charge in [-0.15, -0.1) is 0 Å². The van der Waals surface area contributed by atoms with E-state index < -0.39 is 39.0 Å². The smallest absolute Gasteiger partial charge is 0.273 e. The number of nitrogens with one attached hydrogen (secondary N) is 1. The number of carbonyl (C=O) groups excluding carboxylic acids is 2. The molecule has 3 fully saturated rings. The maximum atomic E-state index is 13.2. The molecule has 0 unspecified atom stereocenters. The molecule has 1 spiro atoms. The van der Waals surface area contributed by atoms with Crippen molar-refractivity contribution in [2.24, 2.45) is 29.1 Å². The van der Waals surface area contributed by atoms with Crippen LogP contribution in [0.5, 0.6) is 0 Å². The average Bonchev–Trinajstić information content (AvgIpc) is 3.30. The molecule has 4 atom stereocenters. The van der Waals surface area contributed by atoms with Crippen molar-refractivity contribution in [2.75, 3.05) is 5.01 Å². The minimum absolute atomic E-state index is 0.0141. The number of hydrogen-bond donors (Lipinski definition) is 1. The number of nitro groups is 2. The Hall–Kier alpha value is -3.30. The number of non-ortho nitro benzene ring substituents is 1. The lowest BCUT2D eigenvalue weighted by atomic mass is 9.80. The normalized spacial score (nSPS) is 31.8. The molecule has 27 heavy (non-hydrogen) atoms. The molecule has 4 aliphatic rings. The van der Waals surface area contributed by atoms with E-state index in [0.29, 0.717) is 0 Å². The van der Waals surface area contributed by atoms with Gasteiger partial charge in [-0.2, -0.15) is 0 Å². The van der Waals surface area contributed by atoms with Gasteiger partial charge in [-0.3, -0.25) is 35.2 Å². The van der Waals surface area contributed by atoms with Gasteiger partial charge in [-0.25, -0.2) is 5.01 Å². The summed E-state index contributed by atoms with van der Waals surface area (Å²) < 4.78 is 0. The van der Waals surface area contributed by atoms with Crippen molar-refractivity contribution in [2.45, 2.75) is 12.8 Å². The fourth-order valence-corrected chi connectivity index (χ4v) is 5.22. The Morgan fingerprint density at radius 2 is 1.70 bits per heavy atom. The van der Waals surface area contributed by atoms with E-state index in [4.69, 9.17) is 0 Å². The molecule has 0 radical (unpaired) electrons. The Balaban J connectivity index is 1.57. The number of nitro benzene ring substituents is 2. The van der Waals surface area contributed by atoms with E-state index in [-0.39, 0.29) is 28.8 Å². The molecular weight excluding hydrogens is 356 g/mol. The van der Waals surface area contributed by atoms with Gasteiger partial charge in [0.05, 0.1) is 27.7 Å². The minimum atomic E-state index is -0.795. The molecule has 10 heteroatoms. The molecule has 2 bridgehead atoms. The van der Waals surface area contributed by atoms with Crippen LogP contribution in [0.1, 0.15) is 12.8 Å². The molecule has 5 rings (SSSR count). The van der Waals surface area contributed by atoms with Crippen LogP contribution in [-0.2, 0) is 9.59 Å². The molecule has 1 heterocycles. The molecular formula is C17H14N4O6. The van der Waals surface area contributed by atoms with E-state index in [2.05, 4.69) is 5.43 Å². The summed E-state index contributed by atoms with van der Waals surface area (Å²) in [7, 11) is 0. The highest BCUT2D eigenvalue weighted by molar-refractivity contribution is 6.06. The molecule has 1 aliphatic heterocycles. The van der Waals surface area contributed by atoms with Gasteiger partial charge in [0.15, 0.2) is 0 Å². The number of rotatable bonds is 3. The highest BCUT2D eigenvalue weighted by atomic mass is 16.6. The van der Waals surface area contributed by atoms with Crippen LogP contribution in [0.4, 0.5) is 17.1 Å². The van der Waals surface area contributed by atoms with Crippen LogP contribution in [0.3, 0.4) is 0 Å². The lowest BCUT2D eigenvalue weighted by Crippen LogP contribution is -2.60. The molecule has 138 valence electrons. The molecule has 3 aliphatic carbocycles. The second kappa shape index (κ2) is 4.90. The molecule has 1 saturated heterocycles. The van der Waals surface area contributed by atoms with Crippen LogP contribution in [0, 0.1) is 49.3 Å². The van der Waals surface area contributed by atoms with E-state index in [1.54, 1.807) is 0 Å². The Labute approximate surface area is 152 Å². The second-order valence-corrected chi connectivity index (χ2v) is 7.56. The number of benzene rings is 1. The summed E-state index contributed by atoms with van der Waals surface area (Å²) in [5.74, 6) is -1.75. The average molecular weight is 370 g/mol. The highest BCUT2D eigenvalue weighted by Crippen LogP contribution is 2.72. The van der Waals surface area contributed by atoms with E-state index in [0.717, 1.165) is 36.0 Å². The fraction of sp³-hybridized carbons (Fsp3) is 0.412. The Morgan fingerprint density at radius 3 is 2.30 bits per heavy atom. The maximum Gasteiger partial charge on any atom is 0.301 e. The molecule has 2 amide bonds. The lowest BCUT2D eigenvalue weighted by Gasteiger charge is -2.37. The number of anilines is 1. The third-order valence-electron chi connectivity index (χ3n) is 6.48.